The standard InChI is InChI=1S/C15H13NO2/c1-10-4-13-6-12(2-3-15(13)18-10)14-5-11(9-17)7-16-8-14/h2-3,5-10H,4H2,1H3. The molecule has 0 saturated heterocycles. The summed E-state index contributed by atoms with van der Waals surface area (Å²) in [5.41, 5.74) is 3.85. The van der Waals surface area contributed by atoms with E-state index in [1.807, 2.05) is 18.2 Å². The summed E-state index contributed by atoms with van der Waals surface area (Å²) in [6, 6.07) is 7.95. The van der Waals surface area contributed by atoms with Crippen LogP contribution in [0.1, 0.15) is 22.8 Å². The molecule has 0 aliphatic carbocycles. The van der Waals surface area contributed by atoms with Gasteiger partial charge in [0.25, 0.3) is 0 Å². The maximum Gasteiger partial charge on any atom is 0.151 e. The Kier molecular flexibility index (Phi) is 2.59. The van der Waals surface area contributed by atoms with E-state index in [1.165, 1.54) is 5.56 Å². The molecular formula is C15H13NO2. The van der Waals surface area contributed by atoms with Gasteiger partial charge in [0.05, 0.1) is 0 Å². The molecule has 3 heteroatoms. The van der Waals surface area contributed by atoms with Gasteiger partial charge in [0, 0.05) is 29.9 Å². The number of ether oxygens (including phenoxy) is 1. The number of nitrogens with zero attached hydrogens (tertiary/aromatic N) is 1. The summed E-state index contributed by atoms with van der Waals surface area (Å²) in [7, 11) is 0. The molecule has 2 heterocycles. The molecule has 1 aromatic carbocycles. The van der Waals surface area contributed by atoms with Gasteiger partial charge in [0.2, 0.25) is 0 Å². The zero-order valence-electron chi connectivity index (χ0n) is 10.1. The summed E-state index contributed by atoms with van der Waals surface area (Å²) in [6.45, 7) is 2.06. The van der Waals surface area contributed by atoms with Gasteiger partial charge in [-0.15, -0.1) is 0 Å². The highest BCUT2D eigenvalue weighted by atomic mass is 16.5. The molecule has 2 aromatic rings. The minimum atomic E-state index is 0.245. The summed E-state index contributed by atoms with van der Waals surface area (Å²) in [5.74, 6) is 0.964. The first kappa shape index (κ1) is 11.0. The van der Waals surface area contributed by atoms with Gasteiger partial charge in [-0.05, 0) is 36.2 Å². The van der Waals surface area contributed by atoms with E-state index in [-0.39, 0.29) is 6.10 Å². The van der Waals surface area contributed by atoms with Crippen LogP contribution in [0.2, 0.25) is 0 Å². The average Bonchev–Trinajstić information content (AvgIpc) is 2.77. The van der Waals surface area contributed by atoms with Gasteiger partial charge in [0.15, 0.2) is 6.29 Å². The molecule has 90 valence electrons. The van der Waals surface area contributed by atoms with Crippen molar-refractivity contribution in [3.8, 4) is 16.9 Å². The highest BCUT2D eigenvalue weighted by Crippen LogP contribution is 2.32. The number of aldehydes is 1. The fourth-order valence-electron chi connectivity index (χ4n) is 2.28. The number of pyridine rings is 1. The van der Waals surface area contributed by atoms with Crippen molar-refractivity contribution in [3.05, 3.63) is 47.8 Å². The van der Waals surface area contributed by atoms with Crippen LogP contribution in [0.15, 0.2) is 36.7 Å². The van der Waals surface area contributed by atoms with Crippen LogP contribution < -0.4 is 4.74 Å². The summed E-state index contributed by atoms with van der Waals surface area (Å²) >= 11 is 0. The predicted molar refractivity (Wildman–Crippen MR) is 68.9 cm³/mol. The second-order valence-electron chi connectivity index (χ2n) is 4.58. The third-order valence-corrected chi connectivity index (χ3v) is 3.12. The molecule has 0 radical (unpaired) electrons. The number of rotatable bonds is 2. The first-order chi connectivity index (χ1) is 8.76. The van der Waals surface area contributed by atoms with E-state index >= 15 is 0 Å². The number of hydrogen-bond donors (Lipinski definition) is 0. The van der Waals surface area contributed by atoms with E-state index < -0.39 is 0 Å². The Hall–Kier alpha value is -2.16. The third kappa shape index (κ3) is 1.88. The highest BCUT2D eigenvalue weighted by Gasteiger charge is 2.19. The van der Waals surface area contributed by atoms with Crippen molar-refractivity contribution in [2.45, 2.75) is 19.4 Å². The van der Waals surface area contributed by atoms with Gasteiger partial charge in [-0.1, -0.05) is 6.07 Å². The van der Waals surface area contributed by atoms with E-state index in [1.54, 1.807) is 12.4 Å². The second kappa shape index (κ2) is 4.26. The Morgan fingerprint density at radius 1 is 1.28 bits per heavy atom. The monoisotopic (exact) mass is 239 g/mol. The lowest BCUT2D eigenvalue weighted by Gasteiger charge is -2.05. The van der Waals surface area contributed by atoms with Crippen LogP contribution in [0.3, 0.4) is 0 Å². The number of fused-ring (bicyclic) bond motifs is 1. The van der Waals surface area contributed by atoms with Crippen LogP contribution in [0.25, 0.3) is 11.1 Å². The number of carbonyl (C=O) groups is 1. The Bertz CT molecular complexity index is 607. The maximum atomic E-state index is 10.8. The van der Waals surface area contributed by atoms with Crippen molar-refractivity contribution in [1.29, 1.82) is 0 Å². The average molecular weight is 239 g/mol. The number of benzene rings is 1. The van der Waals surface area contributed by atoms with E-state index in [4.69, 9.17) is 4.74 Å². The molecule has 0 saturated carbocycles. The van der Waals surface area contributed by atoms with Crippen LogP contribution >= 0.6 is 0 Å². The first-order valence-corrected chi connectivity index (χ1v) is 5.96. The van der Waals surface area contributed by atoms with Gasteiger partial charge in [-0.3, -0.25) is 9.78 Å². The highest BCUT2D eigenvalue weighted by molar-refractivity contribution is 5.78. The van der Waals surface area contributed by atoms with Crippen LogP contribution in [0.4, 0.5) is 0 Å². The van der Waals surface area contributed by atoms with Crippen LogP contribution in [0, 0.1) is 0 Å². The Labute approximate surface area is 105 Å². The lowest BCUT2D eigenvalue weighted by Crippen LogP contribution is -2.05. The zero-order chi connectivity index (χ0) is 12.5. The summed E-state index contributed by atoms with van der Waals surface area (Å²) < 4.78 is 5.67. The molecule has 1 aromatic heterocycles. The van der Waals surface area contributed by atoms with E-state index in [2.05, 4.69) is 18.0 Å². The van der Waals surface area contributed by atoms with E-state index in [0.29, 0.717) is 5.56 Å². The van der Waals surface area contributed by atoms with Crippen molar-refractivity contribution in [1.82, 2.24) is 4.98 Å². The molecule has 1 aliphatic heterocycles. The van der Waals surface area contributed by atoms with Gasteiger partial charge < -0.3 is 4.74 Å². The third-order valence-electron chi connectivity index (χ3n) is 3.12. The smallest absolute Gasteiger partial charge is 0.151 e. The molecular weight excluding hydrogens is 226 g/mol. The van der Waals surface area contributed by atoms with E-state index in [9.17, 15) is 4.79 Å². The normalized spacial score (nSPS) is 17.1. The van der Waals surface area contributed by atoms with Crippen molar-refractivity contribution in [2.75, 3.05) is 0 Å². The minimum absolute atomic E-state index is 0.245. The number of hydrogen-bond acceptors (Lipinski definition) is 3. The number of carbonyl (C=O) groups excluding carboxylic acids is 1. The molecule has 1 unspecified atom stereocenters. The molecule has 0 amide bonds. The maximum absolute atomic E-state index is 10.8. The summed E-state index contributed by atoms with van der Waals surface area (Å²) in [6.07, 6.45) is 5.33. The Morgan fingerprint density at radius 3 is 3.00 bits per heavy atom. The van der Waals surface area contributed by atoms with E-state index in [0.717, 1.165) is 29.6 Å². The molecule has 1 atom stereocenters. The van der Waals surface area contributed by atoms with Crippen LogP contribution in [-0.2, 0) is 6.42 Å². The molecule has 1 aliphatic rings. The predicted octanol–water partition coefficient (Wildman–Crippen LogP) is 2.88. The molecule has 18 heavy (non-hydrogen) atoms. The molecule has 0 fully saturated rings. The lowest BCUT2D eigenvalue weighted by molar-refractivity contribution is 0.112. The van der Waals surface area contributed by atoms with Gasteiger partial charge >= 0.3 is 0 Å². The molecule has 0 bridgehead atoms. The summed E-state index contributed by atoms with van der Waals surface area (Å²) in [4.78, 5) is 14.8. The Balaban J connectivity index is 2.02. The molecule has 3 nitrogen and oxygen atoms in total. The zero-order valence-corrected chi connectivity index (χ0v) is 10.1. The Morgan fingerprint density at radius 2 is 2.17 bits per heavy atom. The number of aromatic nitrogens is 1. The molecule has 0 N–H and O–H groups in total. The molecule has 0 spiro atoms. The van der Waals surface area contributed by atoms with Crippen molar-refractivity contribution < 1.29 is 9.53 Å². The lowest BCUT2D eigenvalue weighted by atomic mass is 10.0. The van der Waals surface area contributed by atoms with Crippen molar-refractivity contribution in [2.24, 2.45) is 0 Å². The van der Waals surface area contributed by atoms with Gasteiger partial charge in [-0.25, -0.2) is 0 Å². The quantitative estimate of drug-likeness (QED) is 0.756. The first-order valence-electron chi connectivity index (χ1n) is 5.96. The fourth-order valence-corrected chi connectivity index (χ4v) is 2.28. The largest absolute Gasteiger partial charge is 0.490 e. The van der Waals surface area contributed by atoms with Gasteiger partial charge in [-0.2, -0.15) is 0 Å². The SMILES string of the molecule is CC1Cc2cc(-c3cncc(C=O)c3)ccc2O1. The summed E-state index contributed by atoms with van der Waals surface area (Å²) in [5, 5.41) is 0. The fraction of sp³-hybridized carbons (Fsp3) is 0.200. The molecule has 3 rings (SSSR count). The minimum Gasteiger partial charge on any atom is -0.490 e. The van der Waals surface area contributed by atoms with Crippen LogP contribution in [-0.4, -0.2) is 17.4 Å². The van der Waals surface area contributed by atoms with Crippen LogP contribution in [0.5, 0.6) is 5.75 Å². The van der Waals surface area contributed by atoms with Gasteiger partial charge in [0.1, 0.15) is 11.9 Å². The van der Waals surface area contributed by atoms with Crippen molar-refractivity contribution >= 4 is 6.29 Å². The topological polar surface area (TPSA) is 39.2 Å². The van der Waals surface area contributed by atoms with Crippen molar-refractivity contribution in [3.63, 3.8) is 0 Å². The second-order valence-corrected chi connectivity index (χ2v) is 4.58.